The van der Waals surface area contributed by atoms with Crippen molar-refractivity contribution >= 4 is 17.1 Å². The number of benzene rings is 1. The van der Waals surface area contributed by atoms with Gasteiger partial charge in [-0.1, -0.05) is 91.2 Å². The van der Waals surface area contributed by atoms with E-state index in [-0.39, 0.29) is 27.9 Å². The van der Waals surface area contributed by atoms with Gasteiger partial charge in [0.05, 0.1) is 35.8 Å². The lowest BCUT2D eigenvalue weighted by Gasteiger charge is -2.26. The molecule has 1 aliphatic rings. The Labute approximate surface area is 268 Å². The minimum Gasteiger partial charge on any atom is -0.478 e. The first-order valence-corrected chi connectivity index (χ1v) is 16.7. The molecule has 45 heavy (non-hydrogen) atoms. The molecule has 2 atom stereocenters. The smallest absolute Gasteiger partial charge is 0.345 e. The van der Waals surface area contributed by atoms with Crippen molar-refractivity contribution in [2.24, 2.45) is 16.2 Å². The predicted octanol–water partition coefficient (Wildman–Crippen LogP) is 9.40. The molecule has 242 valence electrons. The second kappa shape index (κ2) is 15.1. The van der Waals surface area contributed by atoms with Crippen molar-refractivity contribution in [3.63, 3.8) is 0 Å². The molecular formula is C38H50N2O5. The lowest BCUT2D eigenvalue weighted by atomic mass is 9.79. The minimum absolute atomic E-state index is 0.00279. The summed E-state index contributed by atoms with van der Waals surface area (Å²) in [7, 11) is 0. The highest BCUT2D eigenvalue weighted by Gasteiger charge is 2.67. The molecule has 0 amide bonds. The van der Waals surface area contributed by atoms with Crippen molar-refractivity contribution < 1.29 is 18.7 Å². The highest BCUT2D eigenvalue weighted by Crippen LogP contribution is 2.68. The van der Waals surface area contributed by atoms with Crippen LogP contribution in [0.3, 0.4) is 0 Å². The molecule has 0 saturated heterocycles. The number of carbonyl (C=O) groups excluding carboxylic acids is 1. The van der Waals surface area contributed by atoms with Crippen LogP contribution in [0.25, 0.3) is 22.2 Å². The number of hydrogen-bond acceptors (Lipinski definition) is 7. The van der Waals surface area contributed by atoms with Crippen molar-refractivity contribution in [2.45, 2.75) is 112 Å². The fraction of sp³-hybridized carbons (Fsp3) is 0.579. The number of esters is 1. The van der Waals surface area contributed by atoms with E-state index < -0.39 is 5.63 Å². The van der Waals surface area contributed by atoms with Gasteiger partial charge in [-0.2, -0.15) is 10.2 Å². The van der Waals surface area contributed by atoms with Crippen LogP contribution < -0.4 is 10.4 Å². The molecule has 0 radical (unpaired) electrons. The molecule has 7 nitrogen and oxygen atoms in total. The van der Waals surface area contributed by atoms with Gasteiger partial charge in [0.2, 0.25) is 11.6 Å². The van der Waals surface area contributed by atoms with Crippen LogP contribution in [0.15, 0.2) is 51.7 Å². The summed E-state index contributed by atoms with van der Waals surface area (Å²) in [5, 5.41) is 9.70. The van der Waals surface area contributed by atoms with Crippen LogP contribution in [0.2, 0.25) is 0 Å². The number of nitriles is 1. The van der Waals surface area contributed by atoms with E-state index in [4.69, 9.17) is 19.2 Å². The maximum Gasteiger partial charge on any atom is 0.345 e. The molecule has 2 aromatic heterocycles. The minimum atomic E-state index is -0.472. The van der Waals surface area contributed by atoms with Gasteiger partial charge in [-0.05, 0) is 73.3 Å². The van der Waals surface area contributed by atoms with E-state index in [1.54, 1.807) is 36.4 Å². The van der Waals surface area contributed by atoms with Gasteiger partial charge in [0.25, 0.3) is 0 Å². The average molecular weight is 615 g/mol. The number of pyridine rings is 1. The molecular weight excluding hydrogens is 564 g/mol. The maximum atomic E-state index is 12.7. The van der Waals surface area contributed by atoms with Crippen LogP contribution in [0.1, 0.15) is 117 Å². The molecule has 7 heteroatoms. The Morgan fingerprint density at radius 2 is 1.51 bits per heavy atom. The largest absolute Gasteiger partial charge is 0.478 e. The molecule has 0 spiro atoms. The molecule has 0 aliphatic heterocycles. The molecule has 4 rings (SSSR count). The molecule has 3 aromatic rings. The number of carbonyl (C=O) groups is 1. The quantitative estimate of drug-likeness (QED) is 0.110. The fourth-order valence-corrected chi connectivity index (χ4v) is 6.59. The first-order valence-electron chi connectivity index (χ1n) is 16.7. The zero-order chi connectivity index (χ0) is 32.5. The number of fused-ring (bicyclic) bond motifs is 1. The van der Waals surface area contributed by atoms with Crippen molar-refractivity contribution in [1.82, 2.24) is 4.98 Å². The zero-order valence-corrected chi connectivity index (χ0v) is 27.9. The summed E-state index contributed by atoms with van der Waals surface area (Å²) >= 11 is 0. The number of aromatic nitrogens is 1. The van der Waals surface area contributed by atoms with Gasteiger partial charge in [-0.3, -0.25) is 4.79 Å². The molecule has 2 unspecified atom stereocenters. The van der Waals surface area contributed by atoms with E-state index in [1.165, 1.54) is 38.5 Å². The second-order valence-electron chi connectivity index (χ2n) is 14.5. The summed E-state index contributed by atoms with van der Waals surface area (Å²) in [5.41, 5.74) is 1.44. The first-order chi connectivity index (χ1) is 21.4. The first kappa shape index (κ1) is 34.2. The topological polar surface area (TPSA) is 102 Å². The Kier molecular flexibility index (Phi) is 11.5. The third-order valence-electron chi connectivity index (χ3n) is 9.24. The molecule has 1 fully saturated rings. The zero-order valence-electron chi connectivity index (χ0n) is 27.9. The highest BCUT2D eigenvalue weighted by atomic mass is 16.5. The lowest BCUT2D eigenvalue weighted by molar-refractivity contribution is -0.151. The molecule has 2 heterocycles. The summed E-state index contributed by atoms with van der Waals surface area (Å²) in [5.74, 6) is 0.448. The van der Waals surface area contributed by atoms with Crippen molar-refractivity contribution in [1.29, 1.82) is 5.26 Å². The van der Waals surface area contributed by atoms with Crippen LogP contribution in [0, 0.1) is 27.6 Å². The summed E-state index contributed by atoms with van der Waals surface area (Å²) in [6, 6.07) is 14.3. The summed E-state index contributed by atoms with van der Waals surface area (Å²) in [4.78, 5) is 29.6. The standard InChI is InChI=1S/C38H50N2O5/c1-36(2,3)26-37(4)27-38(37,5)35(42)44-23-15-13-11-9-7-6-8-10-12-14-22-43-32-21-20-30-24-31(34(41)45-33(30)40-32)29-18-16-28(25-39)17-19-29/h16-21,24H,6-15,22-23,26-27H2,1-5H3. The van der Waals surface area contributed by atoms with Gasteiger partial charge in [-0.25, -0.2) is 4.79 Å². The summed E-state index contributed by atoms with van der Waals surface area (Å²) in [6.07, 6.45) is 13.5. The fourth-order valence-electron chi connectivity index (χ4n) is 6.59. The second-order valence-corrected chi connectivity index (χ2v) is 14.5. The van der Waals surface area contributed by atoms with Gasteiger partial charge < -0.3 is 13.9 Å². The van der Waals surface area contributed by atoms with Crippen molar-refractivity contribution in [3.8, 4) is 23.1 Å². The van der Waals surface area contributed by atoms with Crippen LogP contribution >= 0.6 is 0 Å². The Morgan fingerprint density at radius 3 is 2.11 bits per heavy atom. The molecule has 0 N–H and O–H groups in total. The van der Waals surface area contributed by atoms with Gasteiger partial charge in [0.1, 0.15) is 0 Å². The monoisotopic (exact) mass is 614 g/mol. The Hall–Kier alpha value is -3.66. The average Bonchev–Trinajstić information content (AvgIpc) is 3.55. The molecule has 1 aromatic carbocycles. The lowest BCUT2D eigenvalue weighted by Crippen LogP contribution is -2.25. The normalized spacial score (nSPS) is 19.3. The van der Waals surface area contributed by atoms with E-state index in [0.717, 1.165) is 38.5 Å². The molecule has 1 aliphatic carbocycles. The third-order valence-corrected chi connectivity index (χ3v) is 9.24. The Bertz CT molecular complexity index is 1530. The van der Waals surface area contributed by atoms with E-state index in [1.807, 2.05) is 6.07 Å². The SMILES string of the molecule is CC(C)(C)CC1(C)CC1(C)C(=O)OCCCCCCCCCCCCOc1ccc2cc(-c3ccc(C#N)cc3)c(=O)oc2n1. The number of unbranched alkanes of at least 4 members (excludes halogenated alkanes) is 9. The molecule has 0 bridgehead atoms. The van der Waals surface area contributed by atoms with Gasteiger partial charge in [0.15, 0.2) is 0 Å². The maximum absolute atomic E-state index is 12.7. The number of rotatable bonds is 17. The predicted molar refractivity (Wildman–Crippen MR) is 178 cm³/mol. The summed E-state index contributed by atoms with van der Waals surface area (Å²) < 4.78 is 17.0. The van der Waals surface area contributed by atoms with Gasteiger partial charge in [0, 0.05) is 11.5 Å². The van der Waals surface area contributed by atoms with Crippen LogP contribution in [0.5, 0.6) is 5.88 Å². The van der Waals surface area contributed by atoms with Crippen LogP contribution in [-0.4, -0.2) is 24.2 Å². The Balaban J connectivity index is 1.02. The Morgan fingerprint density at radius 1 is 0.911 bits per heavy atom. The number of ether oxygens (including phenoxy) is 2. The van der Waals surface area contributed by atoms with Gasteiger partial charge >= 0.3 is 11.6 Å². The van der Waals surface area contributed by atoms with E-state index >= 15 is 0 Å². The third kappa shape index (κ3) is 9.42. The van der Waals surface area contributed by atoms with Crippen LogP contribution in [-0.2, 0) is 9.53 Å². The summed E-state index contributed by atoms with van der Waals surface area (Å²) in [6.45, 7) is 12.2. The molecule has 1 saturated carbocycles. The van der Waals surface area contributed by atoms with Crippen LogP contribution in [0.4, 0.5) is 0 Å². The van der Waals surface area contributed by atoms with Gasteiger partial charge in [-0.15, -0.1) is 0 Å². The van der Waals surface area contributed by atoms with Crippen molar-refractivity contribution in [3.05, 3.63) is 58.4 Å². The van der Waals surface area contributed by atoms with E-state index in [9.17, 15) is 9.59 Å². The number of nitrogens with zero attached hydrogens (tertiary/aromatic N) is 2. The van der Waals surface area contributed by atoms with E-state index in [0.29, 0.717) is 41.2 Å². The number of hydrogen-bond donors (Lipinski definition) is 0. The van der Waals surface area contributed by atoms with E-state index in [2.05, 4.69) is 45.7 Å². The highest BCUT2D eigenvalue weighted by molar-refractivity contribution is 5.81. The van der Waals surface area contributed by atoms with Crippen molar-refractivity contribution in [2.75, 3.05) is 13.2 Å².